The average Bonchev–Trinajstić information content (AvgIpc) is 3.81. The average molecular weight is 595 g/mol. The van der Waals surface area contributed by atoms with Crippen molar-refractivity contribution >= 4 is 44.8 Å². The lowest BCUT2D eigenvalue weighted by molar-refractivity contribution is 0.166. The zero-order valence-corrected chi connectivity index (χ0v) is 25.3. The normalized spacial score (nSPS) is 16.9. The molecule has 3 N–H and O–H groups in total. The molecule has 0 bridgehead atoms. The largest absolute Gasteiger partial charge is 0.453 e. The first kappa shape index (κ1) is 27.6. The summed E-state index contributed by atoms with van der Waals surface area (Å²) in [4.78, 5) is 38.7. The molecule has 226 valence electrons. The summed E-state index contributed by atoms with van der Waals surface area (Å²) in [7, 11) is 5.00. The van der Waals surface area contributed by atoms with Crippen molar-refractivity contribution in [3.63, 3.8) is 0 Å². The third kappa shape index (κ3) is 4.38. The third-order valence-electron chi connectivity index (χ3n) is 8.58. The number of nitrogens with one attached hydrogen (secondary N) is 3. The fourth-order valence-corrected chi connectivity index (χ4v) is 6.60. The molecule has 5 heterocycles. The van der Waals surface area contributed by atoms with E-state index in [0.717, 1.165) is 56.0 Å². The lowest BCUT2D eigenvalue weighted by Gasteiger charge is -2.20. The minimum Gasteiger partial charge on any atom is -0.453 e. The predicted molar refractivity (Wildman–Crippen MR) is 169 cm³/mol. The Morgan fingerprint density at radius 1 is 1.14 bits per heavy atom. The number of alkyl carbamates (subject to hydrolysis) is 1. The molecule has 7 rings (SSSR count). The van der Waals surface area contributed by atoms with E-state index in [1.54, 1.807) is 24.1 Å². The molecule has 5 aromatic heterocycles. The van der Waals surface area contributed by atoms with Gasteiger partial charge in [-0.2, -0.15) is 10.2 Å². The molecule has 1 amide bonds. The van der Waals surface area contributed by atoms with Crippen LogP contribution in [0.5, 0.6) is 0 Å². The predicted octanol–water partition coefficient (Wildman–Crippen LogP) is 4.76. The van der Waals surface area contributed by atoms with Gasteiger partial charge in [-0.05, 0) is 50.8 Å². The van der Waals surface area contributed by atoms with Gasteiger partial charge >= 0.3 is 11.8 Å². The van der Waals surface area contributed by atoms with Gasteiger partial charge in [-0.15, -0.1) is 0 Å². The minimum absolute atomic E-state index is 0.112. The van der Waals surface area contributed by atoms with E-state index in [4.69, 9.17) is 14.7 Å². The van der Waals surface area contributed by atoms with Gasteiger partial charge in [0.2, 0.25) is 0 Å². The van der Waals surface area contributed by atoms with Crippen LogP contribution in [0.3, 0.4) is 0 Å². The second-order valence-electron chi connectivity index (χ2n) is 11.6. The van der Waals surface area contributed by atoms with Crippen molar-refractivity contribution in [2.24, 2.45) is 7.05 Å². The molecule has 13 nitrogen and oxygen atoms in total. The van der Waals surface area contributed by atoms with Crippen LogP contribution in [0.1, 0.15) is 45.2 Å². The molecule has 2 atom stereocenters. The first-order chi connectivity index (χ1) is 21.3. The van der Waals surface area contributed by atoms with Gasteiger partial charge in [-0.25, -0.2) is 19.6 Å². The number of hydrogen-bond donors (Lipinski definition) is 3. The van der Waals surface area contributed by atoms with Gasteiger partial charge in [-0.3, -0.25) is 18.9 Å². The number of rotatable bonds is 6. The van der Waals surface area contributed by atoms with E-state index in [0.29, 0.717) is 24.3 Å². The van der Waals surface area contributed by atoms with Gasteiger partial charge in [-0.1, -0.05) is 6.07 Å². The summed E-state index contributed by atoms with van der Waals surface area (Å²) in [6.45, 7) is 4.22. The van der Waals surface area contributed by atoms with Crippen LogP contribution in [0.4, 0.5) is 10.6 Å². The molecule has 0 aliphatic heterocycles. The fraction of sp³-hybridized carbons (Fsp3) is 0.355. The lowest BCUT2D eigenvalue weighted by Crippen LogP contribution is -2.34. The maximum atomic E-state index is 13.9. The Morgan fingerprint density at radius 3 is 2.70 bits per heavy atom. The van der Waals surface area contributed by atoms with Crippen LogP contribution < -0.4 is 16.3 Å². The third-order valence-corrected chi connectivity index (χ3v) is 8.58. The molecule has 1 aromatic carbocycles. The molecule has 1 saturated carbocycles. The number of ether oxygens (including phenoxy) is 1. The first-order valence-electron chi connectivity index (χ1n) is 14.7. The van der Waals surface area contributed by atoms with Crippen LogP contribution in [0.25, 0.3) is 55.2 Å². The van der Waals surface area contributed by atoms with Crippen molar-refractivity contribution in [2.45, 2.75) is 51.2 Å². The van der Waals surface area contributed by atoms with E-state index in [2.05, 4.69) is 57.9 Å². The van der Waals surface area contributed by atoms with Crippen molar-refractivity contribution in [2.75, 3.05) is 19.5 Å². The number of pyridine rings is 1. The molecule has 0 unspecified atom stereocenters. The SMILES string of the molecule is CNc1[nH]c(=O)n([C@@H]2CC[C@@H](NC(=O)OC)C2)c2c1cnc1nc(-c3cnn(C)c3)c(-c3ccc4c(cnn4C(C)C)c3)c12. The Morgan fingerprint density at radius 2 is 1.98 bits per heavy atom. The molecule has 0 radical (unpaired) electrons. The molecular formula is C31H34N10O3. The molecular weight excluding hydrogens is 560 g/mol. The van der Waals surface area contributed by atoms with Gasteiger partial charge in [0.25, 0.3) is 0 Å². The standard InChI is InChI=1S/C31H34N10O3/c1-16(2)41-23-9-6-17(10-18(23)12-35-41)24-25-27-22(14-33-29(25)37-26(24)19-13-34-39(4)15-19)28(32-3)38-30(42)40(27)21-8-7-20(11-21)36-31(43)44-5/h6,9-10,12-16,20-21,32H,7-8,11H2,1-5H3,(H,36,43)(H,38,42)/t20-,21-/m1/s1. The maximum absolute atomic E-state index is 13.9. The zero-order chi connectivity index (χ0) is 30.7. The highest BCUT2D eigenvalue weighted by Gasteiger charge is 2.31. The second kappa shape index (κ2) is 10.5. The van der Waals surface area contributed by atoms with E-state index < -0.39 is 6.09 Å². The molecule has 0 saturated heterocycles. The van der Waals surface area contributed by atoms with Gasteiger partial charge in [0.15, 0.2) is 5.65 Å². The number of carbonyl (C=O) groups is 1. The molecule has 44 heavy (non-hydrogen) atoms. The Balaban J connectivity index is 1.54. The molecule has 1 aliphatic carbocycles. The number of fused-ring (bicyclic) bond motifs is 4. The van der Waals surface area contributed by atoms with Gasteiger partial charge in [0.05, 0.1) is 47.0 Å². The van der Waals surface area contributed by atoms with Crippen LogP contribution in [0.15, 0.2) is 47.8 Å². The van der Waals surface area contributed by atoms with Gasteiger partial charge in [0.1, 0.15) is 5.82 Å². The number of amides is 1. The number of aryl methyl sites for hydroxylation is 1. The second-order valence-corrected chi connectivity index (χ2v) is 11.6. The van der Waals surface area contributed by atoms with Gasteiger partial charge in [0, 0.05) is 61.1 Å². The summed E-state index contributed by atoms with van der Waals surface area (Å²) in [6.07, 6.45) is 8.91. The van der Waals surface area contributed by atoms with Crippen LogP contribution >= 0.6 is 0 Å². The van der Waals surface area contributed by atoms with Crippen LogP contribution in [0.2, 0.25) is 0 Å². The first-order valence-corrected chi connectivity index (χ1v) is 14.7. The maximum Gasteiger partial charge on any atom is 0.407 e. The molecule has 13 heteroatoms. The number of carbonyl (C=O) groups excluding carboxylic acids is 1. The Bertz CT molecular complexity index is 2120. The van der Waals surface area contributed by atoms with Crippen LogP contribution in [-0.4, -0.2) is 65.4 Å². The Labute approximate surface area is 252 Å². The highest BCUT2D eigenvalue weighted by Crippen LogP contribution is 2.43. The summed E-state index contributed by atoms with van der Waals surface area (Å²) < 4.78 is 10.4. The Kier molecular flexibility index (Phi) is 6.60. The number of aromatic nitrogens is 8. The van der Waals surface area contributed by atoms with E-state index in [9.17, 15) is 9.59 Å². The Hall–Kier alpha value is -5.20. The van der Waals surface area contributed by atoms with Crippen molar-refractivity contribution in [1.29, 1.82) is 0 Å². The lowest BCUT2D eigenvalue weighted by atomic mass is 9.97. The summed E-state index contributed by atoms with van der Waals surface area (Å²) in [6, 6.07) is 6.23. The van der Waals surface area contributed by atoms with E-state index in [1.807, 2.05) is 28.7 Å². The zero-order valence-electron chi connectivity index (χ0n) is 25.3. The fourth-order valence-electron chi connectivity index (χ4n) is 6.60. The summed E-state index contributed by atoms with van der Waals surface area (Å²) >= 11 is 0. The number of anilines is 1. The smallest absolute Gasteiger partial charge is 0.407 e. The highest BCUT2D eigenvalue weighted by molar-refractivity contribution is 6.16. The monoisotopic (exact) mass is 594 g/mol. The number of hydrogen-bond acceptors (Lipinski definition) is 8. The summed E-state index contributed by atoms with van der Waals surface area (Å²) in [5.74, 6) is 0.571. The minimum atomic E-state index is -0.476. The topological polar surface area (TPSA) is 150 Å². The molecule has 1 fully saturated rings. The van der Waals surface area contributed by atoms with Crippen LogP contribution in [0, 0.1) is 0 Å². The summed E-state index contributed by atoms with van der Waals surface area (Å²) in [5, 5.41) is 17.7. The molecule has 0 spiro atoms. The van der Waals surface area contributed by atoms with Crippen molar-refractivity contribution in [3.05, 3.63) is 53.5 Å². The molecule has 1 aliphatic rings. The van der Waals surface area contributed by atoms with E-state index >= 15 is 0 Å². The summed E-state index contributed by atoms with van der Waals surface area (Å²) in [5.41, 5.74) is 5.45. The van der Waals surface area contributed by atoms with Crippen LogP contribution in [-0.2, 0) is 11.8 Å². The molecule has 6 aromatic rings. The highest BCUT2D eigenvalue weighted by atomic mass is 16.5. The van der Waals surface area contributed by atoms with Crippen molar-refractivity contribution in [1.82, 2.24) is 44.4 Å². The quantitative estimate of drug-likeness (QED) is 0.250. The van der Waals surface area contributed by atoms with Crippen molar-refractivity contribution in [3.8, 4) is 22.4 Å². The number of H-pyrrole nitrogens is 1. The number of aromatic amines is 1. The number of nitrogens with zero attached hydrogens (tertiary/aromatic N) is 7. The van der Waals surface area contributed by atoms with Crippen molar-refractivity contribution < 1.29 is 9.53 Å². The van der Waals surface area contributed by atoms with Gasteiger partial charge < -0.3 is 15.4 Å². The van der Waals surface area contributed by atoms with E-state index in [-0.39, 0.29) is 23.8 Å². The number of benzene rings is 1. The number of methoxy groups -OCH3 is 1. The van der Waals surface area contributed by atoms with E-state index in [1.165, 1.54) is 7.11 Å².